The molecule has 0 amide bonds. The van der Waals surface area contributed by atoms with Gasteiger partial charge in [-0.2, -0.15) is 10.9 Å². The van der Waals surface area contributed by atoms with E-state index in [1.807, 2.05) is 6.07 Å². The van der Waals surface area contributed by atoms with Gasteiger partial charge in [-0.3, -0.25) is 4.99 Å². The van der Waals surface area contributed by atoms with Crippen LogP contribution in [-0.2, 0) is 0 Å². The van der Waals surface area contributed by atoms with Gasteiger partial charge in [0, 0.05) is 10.4 Å². The summed E-state index contributed by atoms with van der Waals surface area (Å²) in [6.45, 7) is 0. The van der Waals surface area contributed by atoms with Crippen LogP contribution in [0.15, 0.2) is 28.1 Å². The summed E-state index contributed by atoms with van der Waals surface area (Å²) in [4.78, 5) is 16.6. The standard InChI is InChI=1S/C15H19NO2S/c17-15(18)12-5-6-14-13(9-12)16-10-19(14)8-7-11-3-1-2-4-11/h5-6,9-11,19H,1-4,7-8H2,(H,17,18). The van der Waals surface area contributed by atoms with Gasteiger partial charge in [0.1, 0.15) is 0 Å². The van der Waals surface area contributed by atoms with Gasteiger partial charge in [-0.05, 0) is 36.3 Å². The molecule has 19 heavy (non-hydrogen) atoms. The Hall–Kier alpha value is -1.29. The number of nitrogens with zero attached hydrogens (tertiary/aromatic N) is 1. The maximum atomic E-state index is 10.9. The third-order valence-electron chi connectivity index (χ3n) is 4.12. The molecule has 3 rings (SSSR count). The summed E-state index contributed by atoms with van der Waals surface area (Å²) < 4.78 is 0. The normalized spacial score (nSPS) is 23.7. The Kier molecular flexibility index (Phi) is 3.60. The molecule has 1 aromatic carbocycles. The lowest BCUT2D eigenvalue weighted by Gasteiger charge is -2.16. The van der Waals surface area contributed by atoms with E-state index in [1.54, 1.807) is 12.1 Å². The van der Waals surface area contributed by atoms with Gasteiger partial charge < -0.3 is 5.11 Å². The first-order chi connectivity index (χ1) is 9.24. The molecule has 2 aliphatic rings. The number of carboxylic acids is 1. The monoisotopic (exact) mass is 277 g/mol. The molecule has 0 bridgehead atoms. The maximum absolute atomic E-state index is 10.9. The Balaban J connectivity index is 1.68. The van der Waals surface area contributed by atoms with Gasteiger partial charge in [0.2, 0.25) is 0 Å². The van der Waals surface area contributed by atoms with Gasteiger partial charge in [-0.25, -0.2) is 4.79 Å². The molecule has 1 atom stereocenters. The number of aliphatic imine (C=N–C) groups is 1. The summed E-state index contributed by atoms with van der Waals surface area (Å²) in [5.74, 6) is 1.25. The zero-order valence-electron chi connectivity index (χ0n) is 10.9. The molecular formula is C15H19NO2S. The van der Waals surface area contributed by atoms with E-state index >= 15 is 0 Å². The van der Waals surface area contributed by atoms with Crippen LogP contribution in [0.1, 0.15) is 42.5 Å². The van der Waals surface area contributed by atoms with Gasteiger partial charge in [0.15, 0.2) is 0 Å². The lowest BCUT2D eigenvalue weighted by Crippen LogP contribution is -1.99. The average molecular weight is 277 g/mol. The summed E-state index contributed by atoms with van der Waals surface area (Å²) in [6.07, 6.45) is 6.89. The van der Waals surface area contributed by atoms with Crippen molar-refractivity contribution >= 4 is 28.1 Å². The molecule has 0 saturated heterocycles. The smallest absolute Gasteiger partial charge is 0.335 e. The highest BCUT2D eigenvalue weighted by Gasteiger charge is 2.20. The predicted octanol–water partition coefficient (Wildman–Crippen LogP) is 4.00. The highest BCUT2D eigenvalue weighted by Crippen LogP contribution is 2.47. The van der Waals surface area contributed by atoms with Gasteiger partial charge in [-0.15, -0.1) is 0 Å². The van der Waals surface area contributed by atoms with Crippen LogP contribution in [0.25, 0.3) is 0 Å². The molecule has 4 heteroatoms. The summed E-state index contributed by atoms with van der Waals surface area (Å²) in [7, 11) is -0.293. The fourth-order valence-electron chi connectivity index (χ4n) is 3.00. The molecular weight excluding hydrogens is 258 g/mol. The van der Waals surface area contributed by atoms with Crippen molar-refractivity contribution in [3.05, 3.63) is 23.8 Å². The predicted molar refractivity (Wildman–Crippen MR) is 80.2 cm³/mol. The largest absolute Gasteiger partial charge is 0.478 e. The Morgan fingerprint density at radius 2 is 2.16 bits per heavy atom. The Morgan fingerprint density at radius 3 is 2.89 bits per heavy atom. The van der Waals surface area contributed by atoms with Crippen molar-refractivity contribution in [3.63, 3.8) is 0 Å². The number of hydrogen-bond acceptors (Lipinski definition) is 2. The third-order valence-corrected chi connectivity index (χ3v) is 6.25. The Bertz CT molecular complexity index is 521. The van der Waals surface area contributed by atoms with Gasteiger partial charge >= 0.3 is 5.97 Å². The van der Waals surface area contributed by atoms with Crippen molar-refractivity contribution in [1.29, 1.82) is 0 Å². The SMILES string of the molecule is O=C(O)c1ccc2c(c1)N=C[SH]2CCC1CCCC1. The molecule has 0 aromatic heterocycles. The van der Waals surface area contributed by atoms with Crippen molar-refractivity contribution in [3.8, 4) is 0 Å². The first-order valence-corrected chi connectivity index (χ1v) is 8.52. The van der Waals surface area contributed by atoms with Crippen LogP contribution in [0.4, 0.5) is 5.69 Å². The van der Waals surface area contributed by atoms with Crippen LogP contribution in [0, 0.1) is 5.92 Å². The number of carbonyl (C=O) groups is 1. The van der Waals surface area contributed by atoms with Crippen LogP contribution in [-0.4, -0.2) is 22.4 Å². The van der Waals surface area contributed by atoms with E-state index in [4.69, 9.17) is 5.11 Å². The molecule has 1 aliphatic carbocycles. The highest BCUT2D eigenvalue weighted by atomic mass is 32.2. The highest BCUT2D eigenvalue weighted by molar-refractivity contribution is 8.28. The molecule has 1 aliphatic heterocycles. The van der Waals surface area contributed by atoms with Gasteiger partial charge in [0.25, 0.3) is 0 Å². The molecule has 102 valence electrons. The van der Waals surface area contributed by atoms with Crippen LogP contribution >= 0.6 is 10.9 Å². The molecule has 1 aromatic rings. The van der Waals surface area contributed by atoms with Crippen molar-refractivity contribution in [2.45, 2.75) is 37.0 Å². The van der Waals surface area contributed by atoms with Crippen LogP contribution in [0.3, 0.4) is 0 Å². The minimum atomic E-state index is -0.875. The molecule has 1 heterocycles. The number of thiol groups is 1. The Labute approximate surface area is 116 Å². The number of benzene rings is 1. The second-order valence-corrected chi connectivity index (χ2v) is 7.49. The second-order valence-electron chi connectivity index (χ2n) is 5.39. The van der Waals surface area contributed by atoms with Gasteiger partial charge in [-0.1, -0.05) is 25.7 Å². The zero-order valence-corrected chi connectivity index (χ0v) is 11.8. The quantitative estimate of drug-likeness (QED) is 0.817. The number of aromatic carboxylic acids is 1. The number of hydrogen-bond donors (Lipinski definition) is 2. The molecule has 0 spiro atoms. The lowest BCUT2D eigenvalue weighted by molar-refractivity contribution is 0.0697. The molecule has 0 radical (unpaired) electrons. The van der Waals surface area contributed by atoms with Crippen molar-refractivity contribution in [2.75, 3.05) is 5.75 Å². The van der Waals surface area contributed by atoms with Crippen LogP contribution < -0.4 is 0 Å². The molecule has 1 N–H and O–H groups in total. The lowest BCUT2D eigenvalue weighted by atomic mass is 10.1. The summed E-state index contributed by atoms with van der Waals surface area (Å²) in [6, 6.07) is 5.37. The van der Waals surface area contributed by atoms with E-state index < -0.39 is 5.97 Å². The van der Waals surface area contributed by atoms with E-state index in [0.29, 0.717) is 5.56 Å². The van der Waals surface area contributed by atoms with Crippen molar-refractivity contribution in [2.24, 2.45) is 10.9 Å². The van der Waals surface area contributed by atoms with E-state index in [1.165, 1.54) is 42.8 Å². The van der Waals surface area contributed by atoms with Crippen molar-refractivity contribution < 1.29 is 9.90 Å². The molecule has 1 fully saturated rings. The summed E-state index contributed by atoms with van der Waals surface area (Å²) >= 11 is 0. The fourth-order valence-corrected chi connectivity index (χ4v) is 5.07. The minimum Gasteiger partial charge on any atom is -0.478 e. The first kappa shape index (κ1) is 12.7. The van der Waals surface area contributed by atoms with Gasteiger partial charge in [0.05, 0.1) is 11.3 Å². The second kappa shape index (κ2) is 5.37. The molecule has 3 nitrogen and oxygen atoms in total. The topological polar surface area (TPSA) is 49.7 Å². The van der Waals surface area contributed by atoms with E-state index in [9.17, 15) is 4.79 Å². The minimum absolute atomic E-state index is 0.293. The van der Waals surface area contributed by atoms with Crippen LogP contribution in [0.2, 0.25) is 0 Å². The van der Waals surface area contributed by atoms with Crippen molar-refractivity contribution in [1.82, 2.24) is 0 Å². The molecule has 1 unspecified atom stereocenters. The van der Waals surface area contributed by atoms with E-state index in [0.717, 1.165) is 11.6 Å². The third kappa shape index (κ3) is 2.68. The molecule has 1 saturated carbocycles. The average Bonchev–Trinajstić information content (AvgIpc) is 3.05. The summed E-state index contributed by atoms with van der Waals surface area (Å²) in [5.41, 5.74) is 3.27. The van der Waals surface area contributed by atoms with E-state index in [-0.39, 0.29) is 10.9 Å². The maximum Gasteiger partial charge on any atom is 0.335 e. The van der Waals surface area contributed by atoms with E-state index in [2.05, 4.69) is 10.5 Å². The number of carboxylic acid groups (broad SMARTS) is 1. The Morgan fingerprint density at radius 1 is 1.37 bits per heavy atom. The zero-order chi connectivity index (χ0) is 13.2. The first-order valence-electron chi connectivity index (χ1n) is 6.92. The fraction of sp³-hybridized carbons (Fsp3) is 0.467. The summed E-state index contributed by atoms with van der Waals surface area (Å²) in [5, 5.41) is 8.98. The number of rotatable bonds is 4. The number of fused-ring (bicyclic) bond motifs is 1. The van der Waals surface area contributed by atoms with Crippen LogP contribution in [0.5, 0.6) is 0 Å².